The van der Waals surface area contributed by atoms with Gasteiger partial charge in [-0.1, -0.05) is 37.3 Å². The molecule has 1 heterocycles. The molecule has 0 amide bonds. The van der Waals surface area contributed by atoms with E-state index >= 15 is 0 Å². The highest BCUT2D eigenvalue weighted by Crippen LogP contribution is 2.42. The van der Waals surface area contributed by atoms with Crippen molar-refractivity contribution in [3.05, 3.63) is 61.0 Å². The van der Waals surface area contributed by atoms with E-state index < -0.39 is 0 Å². The molecule has 4 rings (SSSR count). The van der Waals surface area contributed by atoms with Gasteiger partial charge in [0.15, 0.2) is 11.5 Å². The zero-order valence-corrected chi connectivity index (χ0v) is 22.1. The third kappa shape index (κ3) is 5.06. The molecule has 0 atom stereocenters. The van der Waals surface area contributed by atoms with Crippen molar-refractivity contribution in [1.82, 2.24) is 9.66 Å². The number of nitrogens with zero attached hydrogens (tertiary/aromatic N) is 3. The summed E-state index contributed by atoms with van der Waals surface area (Å²) in [7, 11) is 0. The lowest BCUT2D eigenvalue weighted by atomic mass is 9.88. The average Bonchev–Trinajstić information content (AvgIpc) is 2.86. The van der Waals surface area contributed by atoms with Crippen LogP contribution in [0.25, 0.3) is 10.9 Å². The number of para-hydroxylation sites is 1. The van der Waals surface area contributed by atoms with Crippen molar-refractivity contribution in [1.29, 1.82) is 0 Å². The van der Waals surface area contributed by atoms with E-state index in [4.69, 9.17) is 20.9 Å². The molecule has 0 aliphatic heterocycles. The summed E-state index contributed by atoms with van der Waals surface area (Å²) in [4.78, 5) is 18.3. The lowest BCUT2D eigenvalue weighted by Crippen LogP contribution is -2.25. The number of rotatable bonds is 7. The van der Waals surface area contributed by atoms with Gasteiger partial charge in [0.25, 0.3) is 5.56 Å². The van der Waals surface area contributed by atoms with Gasteiger partial charge in [0.2, 0.25) is 0 Å². The quantitative estimate of drug-likeness (QED) is 0.242. The molecule has 0 unspecified atom stereocenters. The summed E-state index contributed by atoms with van der Waals surface area (Å²) in [6.07, 6.45) is 12.5. The normalized spacial score (nSPS) is 14.4. The fourth-order valence-electron chi connectivity index (χ4n) is 4.21. The Morgan fingerprint density at radius 1 is 1.21 bits per heavy atom. The van der Waals surface area contributed by atoms with E-state index in [0.29, 0.717) is 43.8 Å². The molecule has 2 aromatic carbocycles. The van der Waals surface area contributed by atoms with Gasteiger partial charge in [-0.15, -0.1) is 6.42 Å². The Bertz CT molecular complexity index is 1320. The highest BCUT2D eigenvalue weighted by Gasteiger charge is 2.23. The Morgan fingerprint density at radius 2 is 1.97 bits per heavy atom. The van der Waals surface area contributed by atoms with Gasteiger partial charge in [-0.3, -0.25) is 4.79 Å². The lowest BCUT2D eigenvalue weighted by Gasteiger charge is -2.22. The molecule has 1 saturated carbocycles. The van der Waals surface area contributed by atoms with E-state index in [1.807, 2.05) is 31.2 Å². The van der Waals surface area contributed by atoms with Crippen molar-refractivity contribution in [3.63, 3.8) is 0 Å². The molecule has 0 spiro atoms. The van der Waals surface area contributed by atoms with E-state index in [0.717, 1.165) is 31.2 Å². The van der Waals surface area contributed by atoms with Crippen LogP contribution in [0.3, 0.4) is 0 Å². The van der Waals surface area contributed by atoms with Crippen LogP contribution >= 0.6 is 31.9 Å². The van der Waals surface area contributed by atoms with E-state index in [2.05, 4.69) is 42.9 Å². The maximum atomic E-state index is 13.4. The summed E-state index contributed by atoms with van der Waals surface area (Å²) in [5, 5.41) is 5.18. The zero-order chi connectivity index (χ0) is 24.1. The topological polar surface area (TPSA) is 65.7 Å². The first-order valence-electron chi connectivity index (χ1n) is 11.3. The second kappa shape index (κ2) is 11.2. The average molecular weight is 587 g/mol. The maximum Gasteiger partial charge on any atom is 0.282 e. The molecule has 0 saturated heterocycles. The maximum absolute atomic E-state index is 13.4. The van der Waals surface area contributed by atoms with Crippen molar-refractivity contribution >= 4 is 49.0 Å². The van der Waals surface area contributed by atoms with Gasteiger partial charge >= 0.3 is 0 Å². The highest BCUT2D eigenvalue weighted by molar-refractivity contribution is 9.13. The molecular weight excluding hydrogens is 562 g/mol. The fourth-order valence-corrected chi connectivity index (χ4v) is 5.14. The van der Waals surface area contributed by atoms with Crippen LogP contribution < -0.4 is 15.0 Å². The van der Waals surface area contributed by atoms with E-state index in [9.17, 15) is 4.79 Å². The number of benzene rings is 2. The van der Waals surface area contributed by atoms with E-state index in [1.54, 1.807) is 12.3 Å². The van der Waals surface area contributed by atoms with E-state index in [-0.39, 0.29) is 18.1 Å². The molecule has 0 bridgehead atoms. The van der Waals surface area contributed by atoms with Gasteiger partial charge in [0.05, 0.1) is 28.2 Å². The van der Waals surface area contributed by atoms with Crippen LogP contribution in [0.4, 0.5) is 0 Å². The largest absolute Gasteiger partial charge is 0.490 e. The lowest BCUT2D eigenvalue weighted by molar-refractivity contribution is 0.297. The molecule has 176 valence electrons. The summed E-state index contributed by atoms with van der Waals surface area (Å²) in [6, 6.07) is 9.23. The third-order valence-electron chi connectivity index (χ3n) is 5.82. The van der Waals surface area contributed by atoms with Gasteiger partial charge in [0, 0.05) is 16.0 Å². The van der Waals surface area contributed by atoms with Gasteiger partial charge in [0.1, 0.15) is 12.4 Å². The number of halogens is 2. The van der Waals surface area contributed by atoms with Crippen LogP contribution in [0.1, 0.15) is 56.3 Å². The predicted octanol–water partition coefficient (Wildman–Crippen LogP) is 6.26. The SMILES string of the molecule is C#CCOc1c(OCC)cc(C=Nn2c(C3CCCCC3)nc3ccccc3c2=O)c(Br)c1Br. The van der Waals surface area contributed by atoms with Crippen molar-refractivity contribution in [3.8, 4) is 23.8 Å². The van der Waals surface area contributed by atoms with Crippen LogP contribution in [-0.4, -0.2) is 29.1 Å². The Hall–Kier alpha value is -2.63. The number of hydrogen-bond acceptors (Lipinski definition) is 5. The summed E-state index contributed by atoms with van der Waals surface area (Å²) in [5.74, 6) is 4.43. The summed E-state index contributed by atoms with van der Waals surface area (Å²) in [5.41, 5.74) is 1.26. The molecule has 1 aliphatic carbocycles. The Morgan fingerprint density at radius 3 is 2.71 bits per heavy atom. The summed E-state index contributed by atoms with van der Waals surface area (Å²) < 4.78 is 14.3. The van der Waals surface area contributed by atoms with Crippen molar-refractivity contribution in [2.24, 2.45) is 5.10 Å². The van der Waals surface area contributed by atoms with Gasteiger partial charge in [-0.2, -0.15) is 9.78 Å². The molecule has 8 heteroatoms. The molecule has 1 aliphatic rings. The first kappa shape index (κ1) is 24.5. The van der Waals surface area contributed by atoms with Crippen molar-refractivity contribution in [2.45, 2.75) is 44.9 Å². The summed E-state index contributed by atoms with van der Waals surface area (Å²) in [6.45, 7) is 2.46. The Labute approximate surface area is 215 Å². The third-order valence-corrected chi connectivity index (χ3v) is 7.96. The molecule has 6 nitrogen and oxygen atoms in total. The first-order chi connectivity index (χ1) is 16.5. The Kier molecular flexibility index (Phi) is 8.07. The zero-order valence-electron chi connectivity index (χ0n) is 18.9. The van der Waals surface area contributed by atoms with Crippen LogP contribution in [0.15, 0.2) is 49.2 Å². The molecule has 1 aromatic heterocycles. The minimum Gasteiger partial charge on any atom is -0.490 e. The highest BCUT2D eigenvalue weighted by atomic mass is 79.9. The van der Waals surface area contributed by atoms with E-state index in [1.165, 1.54) is 11.1 Å². The molecule has 0 N–H and O–H groups in total. The van der Waals surface area contributed by atoms with Crippen LogP contribution in [0, 0.1) is 12.3 Å². The summed E-state index contributed by atoms with van der Waals surface area (Å²) >= 11 is 7.18. The molecule has 0 radical (unpaired) electrons. The smallest absolute Gasteiger partial charge is 0.282 e. The predicted molar refractivity (Wildman–Crippen MR) is 142 cm³/mol. The number of ether oxygens (including phenoxy) is 2. The Balaban J connectivity index is 1.82. The standard InChI is InChI=1S/C26H25Br2N3O3/c1-3-14-34-24-21(33-4-2)15-18(22(27)23(24)28)16-29-31-25(17-10-6-5-7-11-17)30-20-13-9-8-12-19(20)26(31)32/h1,8-9,12-13,15-17H,4-7,10-11,14H2,2H3. The number of hydrogen-bond donors (Lipinski definition) is 0. The van der Waals surface area contributed by atoms with Gasteiger partial charge < -0.3 is 9.47 Å². The van der Waals surface area contributed by atoms with Gasteiger partial charge in [-0.05, 0) is 69.8 Å². The minimum absolute atomic E-state index is 0.113. The molecular formula is C26H25Br2N3O3. The molecule has 34 heavy (non-hydrogen) atoms. The monoisotopic (exact) mass is 585 g/mol. The van der Waals surface area contributed by atoms with Crippen molar-refractivity contribution < 1.29 is 9.47 Å². The van der Waals surface area contributed by atoms with Crippen LogP contribution in [0.5, 0.6) is 11.5 Å². The fraction of sp³-hybridized carbons (Fsp3) is 0.346. The number of fused-ring (bicyclic) bond motifs is 1. The van der Waals surface area contributed by atoms with Crippen LogP contribution in [-0.2, 0) is 0 Å². The number of aromatic nitrogens is 2. The minimum atomic E-state index is -0.170. The van der Waals surface area contributed by atoms with Gasteiger partial charge in [-0.25, -0.2) is 4.98 Å². The molecule has 1 fully saturated rings. The molecule has 3 aromatic rings. The number of terminal acetylenes is 1. The van der Waals surface area contributed by atoms with Crippen molar-refractivity contribution in [2.75, 3.05) is 13.2 Å². The first-order valence-corrected chi connectivity index (χ1v) is 12.9. The second-order valence-corrected chi connectivity index (χ2v) is 9.62. The van der Waals surface area contributed by atoms with Crippen LogP contribution in [0.2, 0.25) is 0 Å². The second-order valence-electron chi connectivity index (χ2n) is 8.03.